The van der Waals surface area contributed by atoms with Crippen molar-refractivity contribution in [3.63, 3.8) is 0 Å². The number of rotatable bonds is 3. The minimum absolute atomic E-state index is 0.0335. The molecule has 0 saturated carbocycles. The molecule has 4 heteroatoms. The highest BCUT2D eigenvalue weighted by Crippen LogP contribution is 2.22. The molecule has 3 nitrogen and oxygen atoms in total. The van der Waals surface area contributed by atoms with E-state index in [1.54, 1.807) is 4.90 Å². The smallest absolute Gasteiger partial charge is 0.282 e. The maximum atomic E-state index is 12.1. The SMILES string of the molecule is CCN(CC)C(=O)c1nc2ccccc2s1. The molecule has 0 unspecified atom stereocenters. The molecule has 1 aromatic heterocycles. The Labute approximate surface area is 98.7 Å². The molecule has 1 aromatic carbocycles. The highest BCUT2D eigenvalue weighted by atomic mass is 32.1. The van der Waals surface area contributed by atoms with Gasteiger partial charge < -0.3 is 4.90 Å². The van der Waals surface area contributed by atoms with Gasteiger partial charge in [0.15, 0.2) is 5.01 Å². The summed E-state index contributed by atoms with van der Waals surface area (Å²) in [6.07, 6.45) is 0. The first-order valence-electron chi connectivity index (χ1n) is 5.41. The van der Waals surface area contributed by atoms with Gasteiger partial charge in [-0.2, -0.15) is 0 Å². The fourth-order valence-electron chi connectivity index (χ4n) is 1.61. The summed E-state index contributed by atoms with van der Waals surface area (Å²) in [7, 11) is 0. The fourth-order valence-corrected chi connectivity index (χ4v) is 2.54. The fraction of sp³-hybridized carbons (Fsp3) is 0.333. The van der Waals surface area contributed by atoms with Crippen molar-refractivity contribution in [1.82, 2.24) is 9.88 Å². The lowest BCUT2D eigenvalue weighted by Gasteiger charge is -2.16. The Kier molecular flexibility index (Phi) is 3.19. The summed E-state index contributed by atoms with van der Waals surface area (Å²) in [6, 6.07) is 7.83. The van der Waals surface area contributed by atoms with E-state index in [2.05, 4.69) is 4.98 Å². The number of hydrogen-bond donors (Lipinski definition) is 0. The van der Waals surface area contributed by atoms with E-state index in [0.29, 0.717) is 5.01 Å². The van der Waals surface area contributed by atoms with Crippen molar-refractivity contribution in [3.8, 4) is 0 Å². The predicted octanol–water partition coefficient (Wildman–Crippen LogP) is 2.78. The lowest BCUT2D eigenvalue weighted by atomic mass is 10.3. The summed E-state index contributed by atoms with van der Waals surface area (Å²) < 4.78 is 1.07. The highest BCUT2D eigenvalue weighted by Gasteiger charge is 2.16. The monoisotopic (exact) mass is 234 g/mol. The first-order chi connectivity index (χ1) is 7.76. The van der Waals surface area contributed by atoms with Crippen molar-refractivity contribution in [2.45, 2.75) is 13.8 Å². The van der Waals surface area contributed by atoms with Crippen molar-refractivity contribution < 1.29 is 4.79 Å². The molecule has 0 saturated heterocycles. The Morgan fingerprint density at radius 1 is 1.31 bits per heavy atom. The third-order valence-electron chi connectivity index (χ3n) is 2.53. The third-order valence-corrected chi connectivity index (χ3v) is 3.55. The highest BCUT2D eigenvalue weighted by molar-refractivity contribution is 7.20. The summed E-state index contributed by atoms with van der Waals surface area (Å²) in [5.74, 6) is 0.0335. The van der Waals surface area contributed by atoms with Crippen molar-refractivity contribution in [3.05, 3.63) is 29.3 Å². The van der Waals surface area contributed by atoms with Gasteiger partial charge in [0.05, 0.1) is 10.2 Å². The lowest BCUT2D eigenvalue weighted by molar-refractivity contribution is 0.0773. The zero-order valence-corrected chi connectivity index (χ0v) is 10.3. The van der Waals surface area contributed by atoms with Gasteiger partial charge in [-0.15, -0.1) is 11.3 Å². The van der Waals surface area contributed by atoms with Crippen LogP contribution in [0, 0.1) is 0 Å². The molecule has 0 spiro atoms. The Hall–Kier alpha value is -1.42. The second kappa shape index (κ2) is 4.61. The molecular formula is C12H14N2OS. The second-order valence-electron chi connectivity index (χ2n) is 3.46. The van der Waals surface area contributed by atoms with Gasteiger partial charge in [0.1, 0.15) is 0 Å². The zero-order chi connectivity index (χ0) is 11.5. The topological polar surface area (TPSA) is 33.2 Å². The van der Waals surface area contributed by atoms with Gasteiger partial charge in [-0.05, 0) is 26.0 Å². The van der Waals surface area contributed by atoms with Crippen LogP contribution in [-0.2, 0) is 0 Å². The van der Waals surface area contributed by atoms with E-state index < -0.39 is 0 Å². The molecule has 2 aromatic rings. The molecule has 0 aliphatic heterocycles. The van der Waals surface area contributed by atoms with E-state index in [1.807, 2.05) is 38.1 Å². The van der Waals surface area contributed by atoms with Crippen LogP contribution < -0.4 is 0 Å². The lowest BCUT2D eigenvalue weighted by Crippen LogP contribution is -2.30. The number of para-hydroxylation sites is 1. The Balaban J connectivity index is 2.36. The Morgan fingerprint density at radius 3 is 2.62 bits per heavy atom. The number of carbonyl (C=O) groups is 1. The number of aromatic nitrogens is 1. The van der Waals surface area contributed by atoms with Crippen molar-refractivity contribution in [2.24, 2.45) is 0 Å². The zero-order valence-electron chi connectivity index (χ0n) is 9.43. The van der Waals surface area contributed by atoms with Gasteiger partial charge in [-0.1, -0.05) is 12.1 Å². The Bertz CT molecular complexity index is 469. The van der Waals surface area contributed by atoms with Crippen LogP contribution in [0.3, 0.4) is 0 Å². The van der Waals surface area contributed by atoms with Crippen LogP contribution in [-0.4, -0.2) is 28.9 Å². The van der Waals surface area contributed by atoms with Crippen LogP contribution in [0.25, 0.3) is 10.2 Å². The van der Waals surface area contributed by atoms with Crippen LogP contribution in [0.15, 0.2) is 24.3 Å². The molecular weight excluding hydrogens is 220 g/mol. The predicted molar refractivity (Wildman–Crippen MR) is 66.9 cm³/mol. The van der Waals surface area contributed by atoms with Crippen LogP contribution >= 0.6 is 11.3 Å². The molecule has 84 valence electrons. The first-order valence-corrected chi connectivity index (χ1v) is 6.22. The van der Waals surface area contributed by atoms with Crippen LogP contribution in [0.1, 0.15) is 23.6 Å². The van der Waals surface area contributed by atoms with E-state index in [9.17, 15) is 4.79 Å². The summed E-state index contributed by atoms with van der Waals surface area (Å²) in [6.45, 7) is 5.42. The van der Waals surface area contributed by atoms with Gasteiger partial charge in [-0.3, -0.25) is 4.79 Å². The summed E-state index contributed by atoms with van der Waals surface area (Å²) in [5, 5.41) is 0.588. The number of fused-ring (bicyclic) bond motifs is 1. The molecule has 0 fully saturated rings. The van der Waals surface area contributed by atoms with Gasteiger partial charge in [0.2, 0.25) is 0 Å². The van der Waals surface area contributed by atoms with E-state index >= 15 is 0 Å². The van der Waals surface area contributed by atoms with Crippen molar-refractivity contribution in [2.75, 3.05) is 13.1 Å². The number of thiazole rings is 1. The van der Waals surface area contributed by atoms with Crippen LogP contribution in [0.5, 0.6) is 0 Å². The van der Waals surface area contributed by atoms with Gasteiger partial charge in [0, 0.05) is 13.1 Å². The Morgan fingerprint density at radius 2 is 2.00 bits per heavy atom. The number of benzene rings is 1. The van der Waals surface area contributed by atoms with Crippen molar-refractivity contribution >= 4 is 27.5 Å². The van der Waals surface area contributed by atoms with Gasteiger partial charge in [0.25, 0.3) is 5.91 Å². The van der Waals surface area contributed by atoms with Crippen LogP contribution in [0.2, 0.25) is 0 Å². The average Bonchev–Trinajstić information content (AvgIpc) is 2.74. The van der Waals surface area contributed by atoms with Gasteiger partial charge >= 0.3 is 0 Å². The third kappa shape index (κ3) is 1.93. The minimum Gasteiger partial charge on any atom is -0.337 e. The van der Waals surface area contributed by atoms with Crippen molar-refractivity contribution in [1.29, 1.82) is 0 Å². The molecule has 16 heavy (non-hydrogen) atoms. The summed E-state index contributed by atoms with van der Waals surface area (Å²) >= 11 is 1.46. The number of carbonyl (C=O) groups excluding carboxylic acids is 1. The summed E-state index contributed by atoms with van der Waals surface area (Å²) in [4.78, 5) is 18.2. The standard InChI is InChI=1S/C12H14N2OS/c1-3-14(4-2)12(15)11-13-9-7-5-6-8-10(9)16-11/h5-8H,3-4H2,1-2H3. The van der Waals surface area contributed by atoms with E-state index in [1.165, 1.54) is 11.3 Å². The molecule has 1 amide bonds. The van der Waals surface area contributed by atoms with Gasteiger partial charge in [-0.25, -0.2) is 4.98 Å². The largest absolute Gasteiger partial charge is 0.337 e. The molecule has 2 rings (SSSR count). The second-order valence-corrected chi connectivity index (χ2v) is 4.49. The van der Waals surface area contributed by atoms with E-state index in [0.717, 1.165) is 23.3 Å². The summed E-state index contributed by atoms with van der Waals surface area (Å²) in [5.41, 5.74) is 0.906. The van der Waals surface area contributed by atoms with E-state index in [-0.39, 0.29) is 5.91 Å². The van der Waals surface area contributed by atoms with Crippen LogP contribution in [0.4, 0.5) is 0 Å². The number of amides is 1. The number of nitrogens with zero attached hydrogens (tertiary/aromatic N) is 2. The van der Waals surface area contributed by atoms with E-state index in [4.69, 9.17) is 0 Å². The molecule has 0 aliphatic carbocycles. The normalized spacial score (nSPS) is 10.6. The molecule has 0 atom stereocenters. The molecule has 1 heterocycles. The number of hydrogen-bond acceptors (Lipinski definition) is 3. The quantitative estimate of drug-likeness (QED) is 0.818. The molecule has 0 bridgehead atoms. The molecule has 0 aliphatic rings. The molecule has 0 N–H and O–H groups in total. The average molecular weight is 234 g/mol. The maximum Gasteiger partial charge on any atom is 0.282 e. The molecule has 0 radical (unpaired) electrons. The first kappa shape index (κ1) is 11.1. The maximum absolute atomic E-state index is 12.1. The minimum atomic E-state index is 0.0335.